The van der Waals surface area contributed by atoms with Gasteiger partial charge in [-0.1, -0.05) is 0 Å². The summed E-state index contributed by atoms with van der Waals surface area (Å²) in [7, 11) is 1.85. The zero-order valence-corrected chi connectivity index (χ0v) is 5.02. The predicted octanol–water partition coefficient (Wildman–Crippen LogP) is 0.138. The summed E-state index contributed by atoms with van der Waals surface area (Å²) < 4.78 is 0. The molecule has 0 amide bonds. The Morgan fingerprint density at radius 1 is 1.83 bits per heavy atom. The molecule has 0 aliphatic rings. The summed E-state index contributed by atoms with van der Waals surface area (Å²) in [5.74, 6) is 0.269. The molecule has 0 bridgehead atoms. The monoisotopic (exact) mass is 107 g/mol. The van der Waals surface area contributed by atoms with Crippen molar-refractivity contribution < 1.29 is 4.89 Å². The maximum atomic E-state index is 8.30. The minimum atomic E-state index is 0.0204. The molecule has 0 radical (unpaired) electrons. The molecule has 0 aliphatic carbocycles. The normalized spacial score (nSPS) is 16.5. The number of hydrogen-bond acceptors (Lipinski definition) is 2. The van der Waals surface area contributed by atoms with E-state index in [1.54, 1.807) is 0 Å². The number of rotatable bonds is 2. The van der Waals surface area contributed by atoms with Crippen molar-refractivity contribution in [3.05, 3.63) is 0 Å². The van der Waals surface area contributed by atoms with Crippen LogP contribution in [0, 0.1) is 0 Å². The second-order valence-corrected chi connectivity index (χ2v) is 2.26. The molecule has 2 atom stereocenters. The minimum Gasteiger partial charge on any atom is -0.375 e. The molecule has 3 heteroatoms. The first-order valence-electron chi connectivity index (χ1n) is 1.88. The summed E-state index contributed by atoms with van der Waals surface area (Å²) in [6, 6.07) is 0. The third kappa shape index (κ3) is 2.58. The molecule has 6 heavy (non-hydrogen) atoms. The fourth-order valence-electron chi connectivity index (χ4n) is 0.0645. The van der Waals surface area contributed by atoms with Crippen LogP contribution >= 0.6 is 8.81 Å². The molecule has 0 saturated carbocycles. The highest BCUT2D eigenvalue weighted by Crippen LogP contribution is 2.06. The zero-order valence-electron chi connectivity index (χ0n) is 4.02. The molecule has 2 N–H and O–H groups in total. The van der Waals surface area contributed by atoms with Gasteiger partial charge in [-0.2, -0.15) is 0 Å². The first kappa shape index (κ1) is 6.35. The molecule has 0 aromatic heterocycles. The number of nitrogens with one attached hydrogen (secondary N) is 1. The Morgan fingerprint density at radius 3 is 2.33 bits per heavy atom. The highest BCUT2D eigenvalue weighted by atomic mass is 31.1. The van der Waals surface area contributed by atoms with Crippen LogP contribution in [0.3, 0.4) is 0 Å². The van der Waals surface area contributed by atoms with Gasteiger partial charge >= 0.3 is 0 Å². The molecule has 0 fully saturated rings. The van der Waals surface area contributed by atoms with Gasteiger partial charge < -0.3 is 10.2 Å². The molecule has 0 saturated heterocycles. The summed E-state index contributed by atoms with van der Waals surface area (Å²) >= 11 is 0. The Kier molecular flexibility index (Phi) is 3.74. The van der Waals surface area contributed by atoms with Crippen molar-refractivity contribution in [1.29, 1.82) is 0 Å². The van der Waals surface area contributed by atoms with Crippen LogP contribution in [0.5, 0.6) is 0 Å². The van der Waals surface area contributed by atoms with Crippen LogP contribution in [0.25, 0.3) is 0 Å². The van der Waals surface area contributed by atoms with E-state index in [2.05, 4.69) is 5.32 Å². The second kappa shape index (κ2) is 3.54. The van der Waals surface area contributed by atoms with Gasteiger partial charge in [-0.15, -0.1) is 0 Å². The van der Waals surface area contributed by atoms with Crippen LogP contribution in [0.1, 0.15) is 6.92 Å². The Bertz CT molecular complexity index is 30.0. The highest BCUT2D eigenvalue weighted by Gasteiger charge is 1.88. The fourth-order valence-corrected chi connectivity index (χ4v) is 0.194. The maximum absolute atomic E-state index is 8.30. The second-order valence-electron chi connectivity index (χ2n) is 1.14. The predicted molar refractivity (Wildman–Crippen MR) is 29.1 cm³/mol. The lowest BCUT2D eigenvalue weighted by Gasteiger charge is -2.01. The zero-order chi connectivity index (χ0) is 4.99. The molecule has 0 aliphatic heterocycles. The van der Waals surface area contributed by atoms with Crippen LogP contribution in [0.15, 0.2) is 0 Å². The van der Waals surface area contributed by atoms with E-state index >= 15 is 0 Å². The maximum Gasteiger partial charge on any atom is 0.0454 e. The van der Waals surface area contributed by atoms with Crippen molar-refractivity contribution in [2.24, 2.45) is 0 Å². The number of hydrogen-bond donors (Lipinski definition) is 2. The molecule has 38 valence electrons. The minimum absolute atomic E-state index is 0.0204. The molecule has 0 heterocycles. The van der Waals surface area contributed by atoms with Crippen molar-refractivity contribution in [3.63, 3.8) is 0 Å². The van der Waals surface area contributed by atoms with E-state index in [0.29, 0.717) is 0 Å². The third-order valence-corrected chi connectivity index (χ3v) is 1.30. The van der Waals surface area contributed by atoms with E-state index in [0.717, 1.165) is 0 Å². The lowest BCUT2D eigenvalue weighted by molar-refractivity contribution is 0.616. The third-order valence-electron chi connectivity index (χ3n) is 0.627. The summed E-state index contributed by atoms with van der Waals surface area (Å²) in [5, 5.41) is 2.88. The van der Waals surface area contributed by atoms with Crippen molar-refractivity contribution >= 4 is 8.81 Å². The van der Waals surface area contributed by atoms with Crippen molar-refractivity contribution in [2.75, 3.05) is 7.05 Å². The largest absolute Gasteiger partial charge is 0.375 e. The highest BCUT2D eigenvalue weighted by molar-refractivity contribution is 7.31. The van der Waals surface area contributed by atoms with Crippen LogP contribution in [-0.4, -0.2) is 17.7 Å². The SMILES string of the molecule is CN[C@@H](C)PO. The van der Waals surface area contributed by atoms with Crippen LogP contribution in [0.2, 0.25) is 0 Å². The molecule has 0 rings (SSSR count). The first-order valence-corrected chi connectivity index (χ1v) is 2.90. The van der Waals surface area contributed by atoms with Crippen molar-refractivity contribution in [2.45, 2.75) is 12.7 Å². The molecule has 0 spiro atoms. The van der Waals surface area contributed by atoms with E-state index in [9.17, 15) is 0 Å². The van der Waals surface area contributed by atoms with Gasteiger partial charge in [0, 0.05) is 14.6 Å². The molecule has 0 aromatic rings. The topological polar surface area (TPSA) is 32.3 Å². The van der Waals surface area contributed by atoms with Crippen LogP contribution in [-0.2, 0) is 0 Å². The van der Waals surface area contributed by atoms with Gasteiger partial charge in [-0.25, -0.2) is 0 Å². The smallest absolute Gasteiger partial charge is 0.0454 e. The summed E-state index contributed by atoms with van der Waals surface area (Å²) in [4.78, 5) is 8.30. The Morgan fingerprint density at radius 2 is 2.33 bits per heavy atom. The fraction of sp³-hybridized carbons (Fsp3) is 1.00. The van der Waals surface area contributed by atoms with Gasteiger partial charge in [0.15, 0.2) is 0 Å². The van der Waals surface area contributed by atoms with Gasteiger partial charge in [-0.3, -0.25) is 0 Å². The molecule has 0 aromatic carbocycles. The summed E-state index contributed by atoms with van der Waals surface area (Å²) in [6.07, 6.45) is 0. The van der Waals surface area contributed by atoms with E-state index in [1.807, 2.05) is 14.0 Å². The van der Waals surface area contributed by atoms with Crippen molar-refractivity contribution in [3.8, 4) is 0 Å². The van der Waals surface area contributed by atoms with Gasteiger partial charge in [-0.05, 0) is 14.0 Å². The van der Waals surface area contributed by atoms with Gasteiger partial charge in [0.1, 0.15) is 0 Å². The standard InChI is InChI=1S/C3H10NOP/c1-3(4-2)6-5/h3-6H,1-2H3/t3-/m1/s1. The summed E-state index contributed by atoms with van der Waals surface area (Å²) in [6.45, 7) is 1.93. The summed E-state index contributed by atoms with van der Waals surface area (Å²) in [5.41, 5.74) is 0. The van der Waals surface area contributed by atoms with E-state index in [1.165, 1.54) is 0 Å². The average molecular weight is 107 g/mol. The van der Waals surface area contributed by atoms with Crippen molar-refractivity contribution in [1.82, 2.24) is 5.32 Å². The Hall–Kier alpha value is 0.350. The van der Waals surface area contributed by atoms with E-state index in [4.69, 9.17) is 4.89 Å². The molecular formula is C3H10NOP. The van der Waals surface area contributed by atoms with Gasteiger partial charge in [0.25, 0.3) is 0 Å². The quantitative estimate of drug-likeness (QED) is 0.492. The molecule has 2 nitrogen and oxygen atoms in total. The van der Waals surface area contributed by atoms with Crippen LogP contribution in [0.4, 0.5) is 0 Å². The van der Waals surface area contributed by atoms with Gasteiger partial charge in [0.05, 0.1) is 0 Å². The van der Waals surface area contributed by atoms with E-state index in [-0.39, 0.29) is 14.6 Å². The Balaban J connectivity index is 2.75. The lowest BCUT2D eigenvalue weighted by atomic mass is 10.8. The van der Waals surface area contributed by atoms with E-state index < -0.39 is 0 Å². The molecule has 1 unspecified atom stereocenters. The average Bonchev–Trinajstić information content (AvgIpc) is 1.65. The lowest BCUT2D eigenvalue weighted by Crippen LogP contribution is -2.14. The molecular weight excluding hydrogens is 97.0 g/mol. The first-order chi connectivity index (χ1) is 2.81. The van der Waals surface area contributed by atoms with Crippen LogP contribution < -0.4 is 5.32 Å². The van der Waals surface area contributed by atoms with Gasteiger partial charge in [0.2, 0.25) is 0 Å². The Labute approximate surface area is 39.8 Å².